The Kier molecular flexibility index (Phi) is 12.5. The van der Waals surface area contributed by atoms with Crippen LogP contribution in [0.15, 0.2) is 133 Å². The Hall–Kier alpha value is -4.77. The molecule has 0 heterocycles. The van der Waals surface area contributed by atoms with Gasteiger partial charge in [-0.2, -0.15) is 0 Å². The second-order valence-electron chi connectivity index (χ2n) is 13.5. The predicted octanol–water partition coefficient (Wildman–Crippen LogP) is 7.79. The van der Waals surface area contributed by atoms with Crippen LogP contribution in [-0.4, -0.2) is 48.5 Å². The Morgan fingerprint density at radius 2 is 1.22 bits per heavy atom. The van der Waals surface area contributed by atoms with Gasteiger partial charge in [-0.25, -0.2) is 0 Å². The zero-order chi connectivity index (χ0) is 36.4. The summed E-state index contributed by atoms with van der Waals surface area (Å²) < 4.78 is 5.73. The maximum absolute atomic E-state index is 13.3. The number of ether oxygens (including phenoxy) is 1. The van der Waals surface area contributed by atoms with Crippen LogP contribution >= 0.6 is 18.9 Å². The van der Waals surface area contributed by atoms with Gasteiger partial charge >= 0.3 is 231 Å². The van der Waals surface area contributed by atoms with Crippen LogP contribution in [0.2, 0.25) is 5.02 Å². The molecular weight excluding hydrogens is 675 g/mol. The molecule has 0 aliphatic heterocycles. The molecule has 5 aromatic carbocycles. The van der Waals surface area contributed by atoms with Crippen LogP contribution in [0.5, 0.6) is 0 Å². The van der Waals surface area contributed by atoms with Gasteiger partial charge < -0.3 is 4.90 Å². The number of anilines is 1. The maximum atomic E-state index is 13.3. The Balaban J connectivity index is 1.18. The number of halogens is 1. The summed E-state index contributed by atoms with van der Waals surface area (Å²) in [5.74, 6) is -0.927. The van der Waals surface area contributed by atoms with Crippen molar-refractivity contribution in [2.45, 2.75) is 45.1 Å². The van der Waals surface area contributed by atoms with Crippen LogP contribution in [0, 0.1) is 0 Å². The van der Waals surface area contributed by atoms with Gasteiger partial charge in [0.1, 0.15) is 0 Å². The molecule has 51 heavy (non-hydrogen) atoms. The van der Waals surface area contributed by atoms with E-state index in [1.54, 1.807) is 45.0 Å². The van der Waals surface area contributed by atoms with Crippen molar-refractivity contribution >= 4 is 58.2 Å². The van der Waals surface area contributed by atoms with Gasteiger partial charge in [0.15, 0.2) is 0 Å². The summed E-state index contributed by atoms with van der Waals surface area (Å²) in [6.45, 7) is 3.18. The molecule has 5 aromatic rings. The molecule has 0 atom stereocenters. The average Bonchev–Trinajstić information content (AvgIpc) is 3.13. The van der Waals surface area contributed by atoms with E-state index < -0.39 is 24.7 Å². The number of carbonyl (C=O) groups excluding carboxylic acids is 3. The Bertz CT molecular complexity index is 1840. The Labute approximate surface area is 307 Å². The third kappa shape index (κ3) is 9.32. The van der Waals surface area contributed by atoms with Crippen LogP contribution in [0.3, 0.4) is 0 Å². The molecule has 1 N–H and O–H groups in total. The Morgan fingerprint density at radius 1 is 0.706 bits per heavy atom. The van der Waals surface area contributed by atoms with Crippen molar-refractivity contribution in [3.8, 4) is 0 Å². The van der Waals surface area contributed by atoms with Crippen molar-refractivity contribution in [1.29, 1.82) is 0 Å². The number of nitrogens with one attached hydrogen (secondary N) is 1. The summed E-state index contributed by atoms with van der Waals surface area (Å²) in [6.07, 6.45) is 3.21. The third-order valence-electron chi connectivity index (χ3n) is 9.20. The summed E-state index contributed by atoms with van der Waals surface area (Å²) in [4.78, 5) is 40.1. The minimum atomic E-state index is -2.39. The summed E-state index contributed by atoms with van der Waals surface area (Å²) >= 11 is 6.58. The first-order valence-corrected chi connectivity index (χ1v) is 19.9. The number of nitrogens with zero attached hydrogens (tertiary/aromatic N) is 1. The van der Waals surface area contributed by atoms with Gasteiger partial charge in [0.2, 0.25) is 0 Å². The van der Waals surface area contributed by atoms with E-state index in [0.717, 1.165) is 23.7 Å². The Morgan fingerprint density at radius 3 is 1.71 bits per heavy atom. The number of rotatable bonds is 14. The molecule has 5 rings (SSSR count). The van der Waals surface area contributed by atoms with Crippen LogP contribution < -0.4 is 21.2 Å². The summed E-state index contributed by atoms with van der Waals surface area (Å²) in [7, 11) is 1.06. The molecule has 0 fully saturated rings. The third-order valence-corrected chi connectivity index (χ3v) is 14.6. The van der Waals surface area contributed by atoms with Crippen LogP contribution in [-0.2, 0) is 20.7 Å². The topological polar surface area (TPSA) is 75.7 Å². The number of carbonyl (C=O) groups is 3. The standard InChI is InChI=1S/C43H46ClN2O4P/c1-43(2,42(49)45-39-28-25-33(31-38(39)44)30-32-23-26-34(27-24-32)41(48)46(3)4)50-40(47)22-14-15-29-51(35-16-8-5-9-17-35,36-18-10-6-11-19-36)37-20-12-7-13-21-37/h5-13,16-21,23-28,31,51H,14-15,22,29-30H2,1-4H3,(H,45,49). The smallest absolute Gasteiger partial charge is 0.0579 e. The van der Waals surface area contributed by atoms with Crippen LogP contribution in [0.4, 0.5) is 5.69 Å². The fourth-order valence-electron chi connectivity index (χ4n) is 6.44. The SMILES string of the molecule is CN(C)C(=O)c1ccc(Cc2ccc(NC(=O)C(C)(C)OC(=O)CCCC[PH](c3ccccc3)(c3ccccc3)c3ccccc3)c(Cl)c2)cc1. The molecule has 6 nitrogen and oxygen atoms in total. The molecule has 264 valence electrons. The van der Waals surface area contributed by atoms with E-state index in [1.165, 1.54) is 15.9 Å². The van der Waals surface area contributed by atoms with Crippen molar-refractivity contribution in [3.05, 3.63) is 155 Å². The van der Waals surface area contributed by atoms with Crippen molar-refractivity contribution < 1.29 is 19.1 Å². The van der Waals surface area contributed by atoms with Gasteiger partial charge in [-0.15, -0.1) is 0 Å². The summed E-state index contributed by atoms with van der Waals surface area (Å²) in [5, 5.41) is 7.22. The van der Waals surface area contributed by atoms with E-state index in [1.807, 2.05) is 30.3 Å². The monoisotopic (exact) mass is 720 g/mol. The van der Waals surface area contributed by atoms with Gasteiger partial charge in [0.05, 0.1) is 0 Å². The number of amides is 2. The van der Waals surface area contributed by atoms with Crippen LogP contribution in [0.25, 0.3) is 0 Å². The molecule has 0 spiro atoms. The molecular formula is C43H46ClN2O4P. The second-order valence-corrected chi connectivity index (χ2v) is 18.0. The normalized spacial score (nSPS) is 11.8. The molecule has 0 radical (unpaired) electrons. The quantitative estimate of drug-likeness (QED) is 0.0723. The summed E-state index contributed by atoms with van der Waals surface area (Å²) in [5.41, 5.74) is 1.64. The van der Waals surface area contributed by atoms with Gasteiger partial charge in [0, 0.05) is 19.7 Å². The molecule has 0 unspecified atom stereocenters. The molecule has 0 saturated heterocycles. The van der Waals surface area contributed by atoms with Crippen LogP contribution in [0.1, 0.15) is 54.6 Å². The molecule has 0 aliphatic rings. The van der Waals surface area contributed by atoms with Gasteiger partial charge in [-0.1, -0.05) is 12.1 Å². The van der Waals surface area contributed by atoms with E-state index in [0.29, 0.717) is 29.1 Å². The number of unbranched alkanes of at least 4 members (excludes halogenated alkanes) is 1. The summed E-state index contributed by atoms with van der Waals surface area (Å²) in [6, 6.07) is 45.1. The van der Waals surface area contributed by atoms with Crippen molar-refractivity contribution in [2.75, 3.05) is 25.6 Å². The zero-order valence-electron chi connectivity index (χ0n) is 29.7. The first-order valence-electron chi connectivity index (χ1n) is 17.3. The minimum Gasteiger partial charge on any atom is -0.0579 e. The average molecular weight is 721 g/mol. The second kappa shape index (κ2) is 17.0. The number of hydrogen-bond donors (Lipinski definition) is 1. The molecule has 0 bridgehead atoms. The minimum absolute atomic E-state index is 0.0487. The zero-order valence-corrected chi connectivity index (χ0v) is 31.5. The molecule has 0 saturated carbocycles. The predicted molar refractivity (Wildman–Crippen MR) is 213 cm³/mol. The molecule has 0 aromatic heterocycles. The molecule has 0 aliphatic carbocycles. The van der Waals surface area contributed by atoms with Crippen molar-refractivity contribution in [2.24, 2.45) is 0 Å². The van der Waals surface area contributed by atoms with Gasteiger partial charge in [0.25, 0.3) is 5.91 Å². The van der Waals surface area contributed by atoms with Crippen molar-refractivity contribution in [1.82, 2.24) is 4.90 Å². The number of esters is 1. The van der Waals surface area contributed by atoms with E-state index in [9.17, 15) is 14.4 Å². The first-order chi connectivity index (χ1) is 24.5. The van der Waals surface area contributed by atoms with Gasteiger partial charge in [-0.05, 0) is 29.7 Å². The first kappa shape index (κ1) is 37.5. The van der Waals surface area contributed by atoms with E-state index in [2.05, 4.69) is 96.3 Å². The van der Waals surface area contributed by atoms with E-state index in [-0.39, 0.29) is 12.3 Å². The fraction of sp³-hybridized carbons (Fsp3) is 0.233. The van der Waals surface area contributed by atoms with Gasteiger partial charge in [-0.3, -0.25) is 4.79 Å². The number of benzene rings is 5. The van der Waals surface area contributed by atoms with Crippen molar-refractivity contribution in [3.63, 3.8) is 0 Å². The fourth-order valence-corrected chi connectivity index (χ4v) is 11.6. The van der Waals surface area contributed by atoms with E-state index >= 15 is 0 Å². The van der Waals surface area contributed by atoms with E-state index in [4.69, 9.17) is 16.3 Å². The number of hydrogen-bond acceptors (Lipinski definition) is 4. The molecule has 2 amide bonds. The molecule has 8 heteroatoms.